The molecule has 0 spiro atoms. The van der Waals surface area contributed by atoms with Crippen LogP contribution in [-0.4, -0.2) is 58.6 Å². The summed E-state index contributed by atoms with van der Waals surface area (Å²) in [5.74, 6) is -0.286. The van der Waals surface area contributed by atoms with Crippen molar-refractivity contribution in [1.82, 2.24) is 14.9 Å². The van der Waals surface area contributed by atoms with Gasteiger partial charge in [0.1, 0.15) is 11.3 Å². The first kappa shape index (κ1) is 24.1. The third-order valence-corrected chi connectivity index (χ3v) is 5.61. The number of amides is 2. The summed E-state index contributed by atoms with van der Waals surface area (Å²) in [6.07, 6.45) is 1.36. The lowest BCUT2D eigenvalue weighted by atomic mass is 10.2. The van der Waals surface area contributed by atoms with E-state index in [9.17, 15) is 9.59 Å². The quantitative estimate of drug-likeness (QED) is 0.668. The molecule has 2 aromatic rings. The third-order valence-electron chi connectivity index (χ3n) is 4.25. The Morgan fingerprint density at radius 3 is 2.47 bits per heavy atom. The van der Waals surface area contributed by atoms with E-state index < -0.39 is 5.60 Å². The molecule has 10 heteroatoms. The van der Waals surface area contributed by atoms with E-state index in [-0.39, 0.29) is 19.4 Å². The SMILES string of the molecule is C.Cc1cc(N2CCN(C(=O)OC(C)(C)C)CC2)c(NC(=O)c2csc(Br)n2)cn1. The number of anilines is 2. The van der Waals surface area contributed by atoms with Crippen LogP contribution in [0.4, 0.5) is 16.2 Å². The second kappa shape index (κ2) is 9.74. The number of nitrogens with one attached hydrogen (secondary N) is 1. The van der Waals surface area contributed by atoms with Crippen molar-refractivity contribution in [1.29, 1.82) is 0 Å². The Morgan fingerprint density at radius 2 is 1.90 bits per heavy atom. The first-order chi connectivity index (χ1) is 13.6. The fourth-order valence-electron chi connectivity index (χ4n) is 2.90. The molecule has 30 heavy (non-hydrogen) atoms. The molecule has 3 rings (SSSR count). The summed E-state index contributed by atoms with van der Waals surface area (Å²) in [4.78, 5) is 37.1. The fourth-order valence-corrected chi connectivity index (χ4v) is 3.89. The summed E-state index contributed by atoms with van der Waals surface area (Å²) in [6, 6.07) is 1.94. The molecule has 0 aromatic carbocycles. The number of halogens is 1. The van der Waals surface area contributed by atoms with Gasteiger partial charge in [-0.25, -0.2) is 9.78 Å². The van der Waals surface area contributed by atoms with Gasteiger partial charge in [-0.1, -0.05) is 7.43 Å². The number of pyridine rings is 1. The summed E-state index contributed by atoms with van der Waals surface area (Å²) in [5.41, 5.74) is 2.19. The molecular weight excluding hydrogens is 470 g/mol. The maximum atomic E-state index is 12.5. The van der Waals surface area contributed by atoms with Crippen molar-refractivity contribution in [2.45, 2.75) is 40.7 Å². The molecule has 0 bridgehead atoms. The van der Waals surface area contributed by atoms with Crippen LogP contribution in [0.25, 0.3) is 0 Å². The van der Waals surface area contributed by atoms with Crippen molar-refractivity contribution in [3.8, 4) is 0 Å². The van der Waals surface area contributed by atoms with Gasteiger partial charge in [-0.2, -0.15) is 0 Å². The van der Waals surface area contributed by atoms with E-state index in [0.717, 1.165) is 11.4 Å². The number of thiazole rings is 1. The number of carbonyl (C=O) groups is 2. The van der Waals surface area contributed by atoms with E-state index in [1.54, 1.807) is 16.5 Å². The summed E-state index contributed by atoms with van der Waals surface area (Å²) in [5, 5.41) is 4.60. The molecule has 1 aliphatic rings. The number of aryl methyl sites for hydroxylation is 1. The van der Waals surface area contributed by atoms with E-state index in [4.69, 9.17) is 4.74 Å². The zero-order valence-corrected chi connectivity index (χ0v) is 19.3. The van der Waals surface area contributed by atoms with Gasteiger partial charge in [0.05, 0.1) is 17.6 Å². The number of hydrogen-bond donors (Lipinski definition) is 1. The Hall–Kier alpha value is -2.20. The van der Waals surface area contributed by atoms with Gasteiger partial charge in [0.25, 0.3) is 5.91 Å². The largest absolute Gasteiger partial charge is 0.444 e. The average molecular weight is 498 g/mol. The number of carbonyl (C=O) groups excluding carboxylic acids is 2. The number of hydrogen-bond acceptors (Lipinski definition) is 7. The van der Waals surface area contributed by atoms with Gasteiger partial charge in [0.2, 0.25) is 0 Å². The van der Waals surface area contributed by atoms with Crippen LogP contribution in [0.15, 0.2) is 21.6 Å². The van der Waals surface area contributed by atoms with Crippen LogP contribution in [0.3, 0.4) is 0 Å². The molecule has 1 fully saturated rings. The molecule has 2 amide bonds. The number of rotatable bonds is 3. The van der Waals surface area contributed by atoms with Gasteiger partial charge >= 0.3 is 6.09 Å². The summed E-state index contributed by atoms with van der Waals surface area (Å²) in [6.45, 7) is 9.83. The molecule has 0 saturated carbocycles. The summed E-state index contributed by atoms with van der Waals surface area (Å²) in [7, 11) is 0. The Kier molecular flexibility index (Phi) is 7.81. The Bertz CT molecular complexity index is 904. The van der Waals surface area contributed by atoms with E-state index in [0.29, 0.717) is 41.5 Å². The molecule has 164 valence electrons. The minimum absolute atomic E-state index is 0. The molecule has 0 unspecified atom stereocenters. The zero-order valence-electron chi connectivity index (χ0n) is 16.9. The topological polar surface area (TPSA) is 87.7 Å². The van der Waals surface area contributed by atoms with Crippen molar-refractivity contribution in [3.05, 3.63) is 32.9 Å². The van der Waals surface area contributed by atoms with Crippen LogP contribution in [0.5, 0.6) is 0 Å². The smallest absolute Gasteiger partial charge is 0.410 e. The lowest BCUT2D eigenvalue weighted by molar-refractivity contribution is 0.0240. The predicted octanol–water partition coefficient (Wildman–Crippen LogP) is 4.55. The van der Waals surface area contributed by atoms with Crippen molar-refractivity contribution >= 4 is 50.6 Å². The zero-order chi connectivity index (χ0) is 21.2. The van der Waals surface area contributed by atoms with E-state index in [1.807, 2.05) is 33.8 Å². The molecular formula is C20H28BrN5O3S. The molecule has 8 nitrogen and oxygen atoms in total. The highest BCUT2D eigenvalue weighted by molar-refractivity contribution is 9.11. The maximum Gasteiger partial charge on any atom is 0.410 e. The number of nitrogens with zero attached hydrogens (tertiary/aromatic N) is 4. The minimum Gasteiger partial charge on any atom is -0.444 e. The average Bonchev–Trinajstić information content (AvgIpc) is 3.08. The van der Waals surface area contributed by atoms with Crippen LogP contribution in [0.2, 0.25) is 0 Å². The van der Waals surface area contributed by atoms with Gasteiger partial charge in [0, 0.05) is 37.3 Å². The summed E-state index contributed by atoms with van der Waals surface area (Å²) >= 11 is 4.63. The lowest BCUT2D eigenvalue weighted by Gasteiger charge is -2.37. The van der Waals surface area contributed by atoms with Crippen LogP contribution >= 0.6 is 27.3 Å². The molecule has 1 aliphatic heterocycles. The van der Waals surface area contributed by atoms with Gasteiger partial charge in [-0.3, -0.25) is 9.78 Å². The van der Waals surface area contributed by atoms with Gasteiger partial charge < -0.3 is 19.9 Å². The standard InChI is InChI=1S/C19H24BrN5O3S.CH4/c1-12-9-15(13(10-21-12)22-16(26)14-11-29-17(20)23-14)24-5-7-25(8-6-24)18(27)28-19(2,3)4;/h9-11H,5-8H2,1-4H3,(H,22,26);1H4. The van der Waals surface area contributed by atoms with Gasteiger partial charge in [-0.15, -0.1) is 11.3 Å². The van der Waals surface area contributed by atoms with Crippen LogP contribution in [0.1, 0.15) is 44.4 Å². The normalized spacial score (nSPS) is 14.2. The van der Waals surface area contributed by atoms with Crippen molar-refractivity contribution in [2.75, 3.05) is 36.4 Å². The highest BCUT2D eigenvalue weighted by Gasteiger charge is 2.27. The molecule has 3 heterocycles. The second-order valence-corrected chi connectivity index (χ2v) is 9.87. The first-order valence-electron chi connectivity index (χ1n) is 9.24. The van der Waals surface area contributed by atoms with Crippen molar-refractivity contribution < 1.29 is 14.3 Å². The van der Waals surface area contributed by atoms with Gasteiger partial charge in [0.15, 0.2) is 3.92 Å². The van der Waals surface area contributed by atoms with E-state index >= 15 is 0 Å². The van der Waals surface area contributed by atoms with Crippen molar-refractivity contribution in [2.24, 2.45) is 0 Å². The highest BCUT2D eigenvalue weighted by Crippen LogP contribution is 2.28. The predicted molar refractivity (Wildman–Crippen MR) is 123 cm³/mol. The Balaban J connectivity index is 0.00000320. The van der Waals surface area contributed by atoms with E-state index in [2.05, 4.69) is 36.1 Å². The molecule has 1 N–H and O–H groups in total. The molecule has 0 aliphatic carbocycles. The molecule has 0 atom stereocenters. The molecule has 1 saturated heterocycles. The van der Waals surface area contributed by atoms with Crippen LogP contribution in [0, 0.1) is 6.92 Å². The highest BCUT2D eigenvalue weighted by atomic mass is 79.9. The third kappa shape index (κ3) is 6.15. The lowest BCUT2D eigenvalue weighted by Crippen LogP contribution is -2.50. The Morgan fingerprint density at radius 1 is 1.23 bits per heavy atom. The van der Waals surface area contributed by atoms with Crippen LogP contribution in [-0.2, 0) is 4.74 Å². The van der Waals surface area contributed by atoms with Gasteiger partial charge in [-0.05, 0) is 49.7 Å². The minimum atomic E-state index is -0.515. The number of ether oxygens (including phenoxy) is 1. The molecule has 2 aromatic heterocycles. The second-order valence-electron chi connectivity index (χ2n) is 7.74. The first-order valence-corrected chi connectivity index (χ1v) is 10.9. The number of aromatic nitrogens is 2. The van der Waals surface area contributed by atoms with E-state index in [1.165, 1.54) is 11.3 Å². The summed E-state index contributed by atoms with van der Waals surface area (Å²) < 4.78 is 6.11. The molecule has 0 radical (unpaired) electrons. The monoisotopic (exact) mass is 497 g/mol. The van der Waals surface area contributed by atoms with Crippen LogP contribution < -0.4 is 10.2 Å². The Labute approximate surface area is 189 Å². The number of piperazine rings is 1. The fraction of sp³-hybridized carbons (Fsp3) is 0.500. The maximum absolute atomic E-state index is 12.5. The van der Waals surface area contributed by atoms with Crippen molar-refractivity contribution in [3.63, 3.8) is 0 Å².